The Balaban J connectivity index is 1.59. The summed E-state index contributed by atoms with van der Waals surface area (Å²) in [6.07, 6.45) is 6.55. The number of carbonyl (C=O) groups excluding carboxylic acids is 1. The smallest absolute Gasteiger partial charge is 0.224 e. The van der Waals surface area contributed by atoms with Crippen LogP contribution in [0.3, 0.4) is 0 Å². The van der Waals surface area contributed by atoms with Gasteiger partial charge in [-0.15, -0.1) is 0 Å². The molecule has 1 saturated heterocycles. The summed E-state index contributed by atoms with van der Waals surface area (Å²) in [7, 11) is -3.17. The molecule has 2 saturated carbocycles. The van der Waals surface area contributed by atoms with Crippen molar-refractivity contribution in [1.29, 1.82) is 0 Å². The summed E-state index contributed by atoms with van der Waals surface area (Å²) in [6.45, 7) is 2.59. The second-order valence-electron chi connectivity index (χ2n) is 6.81. The average molecular weight is 314 g/mol. The molecule has 5 nitrogen and oxygen atoms in total. The third kappa shape index (κ3) is 3.59. The average Bonchev–Trinajstić information content (AvgIpc) is 3.38. The van der Waals surface area contributed by atoms with Gasteiger partial charge < -0.3 is 5.32 Å². The molecule has 0 unspecified atom stereocenters. The number of rotatable bonds is 6. The van der Waals surface area contributed by atoms with Crippen LogP contribution in [0.15, 0.2) is 0 Å². The molecular weight excluding hydrogens is 288 g/mol. The summed E-state index contributed by atoms with van der Waals surface area (Å²) in [5, 5.41) is 3.24. The van der Waals surface area contributed by atoms with Crippen LogP contribution in [0.5, 0.6) is 0 Å². The molecule has 1 amide bonds. The first-order valence-electron chi connectivity index (χ1n) is 8.29. The van der Waals surface area contributed by atoms with Crippen molar-refractivity contribution in [3.05, 3.63) is 0 Å². The van der Waals surface area contributed by atoms with E-state index >= 15 is 0 Å². The first-order chi connectivity index (χ1) is 10.0. The Morgan fingerprint density at radius 1 is 1.19 bits per heavy atom. The molecule has 1 aliphatic heterocycles. The highest BCUT2D eigenvalue weighted by Crippen LogP contribution is 2.44. The molecule has 2 aliphatic carbocycles. The van der Waals surface area contributed by atoms with E-state index in [1.165, 1.54) is 30.0 Å². The maximum absolute atomic E-state index is 12.5. The van der Waals surface area contributed by atoms with Crippen LogP contribution in [-0.4, -0.2) is 43.5 Å². The number of carbonyl (C=O) groups is 1. The van der Waals surface area contributed by atoms with Gasteiger partial charge in [-0.25, -0.2) is 12.7 Å². The SMILES string of the molecule is CCS(=O)(=O)N1CCC[C@H](C(=O)NC(C2CC2)C2CC2)C1. The molecule has 1 heterocycles. The summed E-state index contributed by atoms with van der Waals surface area (Å²) < 4.78 is 25.5. The van der Waals surface area contributed by atoms with Gasteiger partial charge in [-0.2, -0.15) is 0 Å². The number of piperidine rings is 1. The predicted octanol–water partition coefficient (Wildman–Crippen LogP) is 1.35. The largest absolute Gasteiger partial charge is 0.353 e. The van der Waals surface area contributed by atoms with Gasteiger partial charge in [0.05, 0.1) is 11.7 Å². The monoisotopic (exact) mass is 314 g/mol. The second-order valence-corrected chi connectivity index (χ2v) is 9.06. The molecule has 120 valence electrons. The van der Waals surface area contributed by atoms with E-state index in [-0.39, 0.29) is 17.6 Å². The maximum atomic E-state index is 12.5. The summed E-state index contributed by atoms with van der Waals surface area (Å²) in [5.41, 5.74) is 0. The standard InChI is InChI=1S/C15H26N2O3S/c1-2-21(19,20)17-9-3-4-13(10-17)15(18)16-14(11-5-6-11)12-7-8-12/h11-14H,2-10H2,1H3,(H,16,18)/t13-/m0/s1. The van der Waals surface area contributed by atoms with Crippen molar-refractivity contribution in [2.75, 3.05) is 18.8 Å². The lowest BCUT2D eigenvalue weighted by Crippen LogP contribution is -2.48. The maximum Gasteiger partial charge on any atom is 0.224 e. The lowest BCUT2D eigenvalue weighted by atomic mass is 9.97. The summed E-state index contributed by atoms with van der Waals surface area (Å²) in [5.74, 6) is 1.39. The fourth-order valence-electron chi connectivity index (χ4n) is 3.41. The number of amides is 1. The van der Waals surface area contributed by atoms with Gasteiger partial charge in [0.25, 0.3) is 0 Å². The van der Waals surface area contributed by atoms with E-state index in [0.717, 1.165) is 12.8 Å². The molecule has 21 heavy (non-hydrogen) atoms. The van der Waals surface area contributed by atoms with Crippen molar-refractivity contribution in [3.8, 4) is 0 Å². The Hall–Kier alpha value is -0.620. The van der Waals surface area contributed by atoms with E-state index in [9.17, 15) is 13.2 Å². The van der Waals surface area contributed by atoms with Gasteiger partial charge in [0.2, 0.25) is 15.9 Å². The van der Waals surface area contributed by atoms with Gasteiger partial charge in [0.15, 0.2) is 0 Å². The molecule has 0 aromatic rings. The second kappa shape index (κ2) is 5.88. The van der Waals surface area contributed by atoms with Crippen molar-refractivity contribution in [1.82, 2.24) is 9.62 Å². The van der Waals surface area contributed by atoms with Gasteiger partial charge in [0, 0.05) is 19.1 Å². The van der Waals surface area contributed by atoms with E-state index in [2.05, 4.69) is 5.32 Å². The molecule has 0 aromatic carbocycles. The number of sulfonamides is 1. The van der Waals surface area contributed by atoms with Crippen molar-refractivity contribution in [3.63, 3.8) is 0 Å². The van der Waals surface area contributed by atoms with Crippen molar-refractivity contribution < 1.29 is 13.2 Å². The van der Waals surface area contributed by atoms with Crippen LogP contribution in [0, 0.1) is 17.8 Å². The molecule has 3 fully saturated rings. The lowest BCUT2D eigenvalue weighted by Gasteiger charge is -2.32. The number of nitrogens with one attached hydrogen (secondary N) is 1. The van der Waals surface area contributed by atoms with Gasteiger partial charge in [-0.3, -0.25) is 4.79 Å². The van der Waals surface area contributed by atoms with E-state index in [1.807, 2.05) is 0 Å². The lowest BCUT2D eigenvalue weighted by molar-refractivity contribution is -0.127. The molecule has 3 aliphatic rings. The van der Waals surface area contributed by atoms with Gasteiger partial charge in [-0.1, -0.05) is 0 Å². The van der Waals surface area contributed by atoms with E-state index in [1.54, 1.807) is 6.92 Å². The topological polar surface area (TPSA) is 66.5 Å². The minimum Gasteiger partial charge on any atom is -0.353 e. The van der Waals surface area contributed by atoms with Gasteiger partial charge in [-0.05, 0) is 57.3 Å². The van der Waals surface area contributed by atoms with Crippen molar-refractivity contribution >= 4 is 15.9 Å². The highest BCUT2D eigenvalue weighted by molar-refractivity contribution is 7.89. The van der Waals surface area contributed by atoms with E-state index < -0.39 is 10.0 Å². The van der Waals surface area contributed by atoms with Gasteiger partial charge >= 0.3 is 0 Å². The minimum absolute atomic E-state index is 0.0785. The van der Waals surface area contributed by atoms with Crippen LogP contribution < -0.4 is 5.32 Å². The zero-order chi connectivity index (χ0) is 15.0. The quantitative estimate of drug-likeness (QED) is 0.805. The first-order valence-corrected chi connectivity index (χ1v) is 9.90. The molecule has 0 spiro atoms. The molecule has 1 atom stereocenters. The molecule has 0 radical (unpaired) electrons. The van der Waals surface area contributed by atoms with Gasteiger partial charge in [0.1, 0.15) is 0 Å². The summed E-state index contributed by atoms with van der Waals surface area (Å²) in [4.78, 5) is 12.5. The molecular formula is C15H26N2O3S. The van der Waals surface area contributed by atoms with E-state index in [0.29, 0.717) is 31.0 Å². The minimum atomic E-state index is -3.17. The fourth-order valence-corrected chi connectivity index (χ4v) is 4.58. The third-order valence-electron chi connectivity index (χ3n) is 5.08. The molecule has 6 heteroatoms. The molecule has 1 N–H and O–H groups in total. The van der Waals surface area contributed by atoms with Crippen molar-refractivity contribution in [2.45, 2.75) is 51.5 Å². The highest BCUT2D eigenvalue weighted by Gasteiger charge is 2.43. The normalized spacial score (nSPS) is 27.8. The summed E-state index contributed by atoms with van der Waals surface area (Å²) >= 11 is 0. The number of hydrogen-bond acceptors (Lipinski definition) is 3. The number of hydrogen-bond donors (Lipinski definition) is 1. The van der Waals surface area contributed by atoms with E-state index in [4.69, 9.17) is 0 Å². The van der Waals surface area contributed by atoms with Crippen LogP contribution >= 0.6 is 0 Å². The Morgan fingerprint density at radius 3 is 2.33 bits per heavy atom. The Labute approximate surface area is 127 Å². The zero-order valence-corrected chi connectivity index (χ0v) is 13.6. The molecule has 0 aromatic heterocycles. The third-order valence-corrected chi connectivity index (χ3v) is 6.93. The van der Waals surface area contributed by atoms with Crippen LogP contribution in [0.25, 0.3) is 0 Å². The predicted molar refractivity (Wildman–Crippen MR) is 81.1 cm³/mol. The summed E-state index contributed by atoms with van der Waals surface area (Å²) in [6, 6.07) is 0.357. The Kier molecular flexibility index (Phi) is 4.28. The highest BCUT2D eigenvalue weighted by atomic mass is 32.2. The molecule has 0 bridgehead atoms. The van der Waals surface area contributed by atoms with Crippen LogP contribution in [0.1, 0.15) is 45.4 Å². The first kappa shape index (κ1) is 15.3. The van der Waals surface area contributed by atoms with Crippen LogP contribution in [-0.2, 0) is 14.8 Å². The molecule has 3 rings (SSSR count). The number of nitrogens with zero attached hydrogens (tertiary/aromatic N) is 1. The Bertz CT molecular complexity index is 485. The van der Waals surface area contributed by atoms with Crippen LogP contribution in [0.2, 0.25) is 0 Å². The zero-order valence-electron chi connectivity index (χ0n) is 12.8. The van der Waals surface area contributed by atoms with Crippen LogP contribution in [0.4, 0.5) is 0 Å². The van der Waals surface area contributed by atoms with Crippen molar-refractivity contribution in [2.24, 2.45) is 17.8 Å². The Morgan fingerprint density at radius 2 is 1.81 bits per heavy atom. The fraction of sp³-hybridized carbons (Fsp3) is 0.933.